The molecule has 0 aliphatic carbocycles. The van der Waals surface area contributed by atoms with E-state index in [0.717, 1.165) is 25.2 Å². The SMILES string of the molecule is CN(C)C(=O)c1cccc(CN2CCC(C)(C)CC2)c1. The molecule has 0 bridgehead atoms. The summed E-state index contributed by atoms with van der Waals surface area (Å²) >= 11 is 0. The van der Waals surface area contributed by atoms with Gasteiger partial charge in [-0.1, -0.05) is 26.0 Å². The topological polar surface area (TPSA) is 23.6 Å². The minimum atomic E-state index is 0.0756. The van der Waals surface area contributed by atoms with Crippen LogP contribution in [0, 0.1) is 5.41 Å². The number of piperidine rings is 1. The van der Waals surface area contributed by atoms with Crippen molar-refractivity contribution in [1.29, 1.82) is 0 Å². The maximum atomic E-state index is 12.0. The Bertz CT molecular complexity index is 470. The van der Waals surface area contributed by atoms with E-state index < -0.39 is 0 Å². The highest BCUT2D eigenvalue weighted by Gasteiger charge is 2.25. The standard InChI is InChI=1S/C17H26N2O/c1-17(2)8-10-19(11-9-17)13-14-6-5-7-15(12-14)16(20)18(3)4/h5-7,12H,8-11,13H2,1-4H3. The van der Waals surface area contributed by atoms with Crippen LogP contribution in [0.4, 0.5) is 0 Å². The van der Waals surface area contributed by atoms with Crippen molar-refractivity contribution in [2.75, 3.05) is 27.2 Å². The van der Waals surface area contributed by atoms with Gasteiger partial charge in [-0.25, -0.2) is 0 Å². The molecule has 1 heterocycles. The molecule has 3 heteroatoms. The zero-order chi connectivity index (χ0) is 14.8. The quantitative estimate of drug-likeness (QED) is 0.846. The minimum Gasteiger partial charge on any atom is -0.345 e. The Morgan fingerprint density at radius 1 is 1.25 bits per heavy atom. The van der Waals surface area contributed by atoms with E-state index in [-0.39, 0.29) is 5.91 Å². The zero-order valence-corrected chi connectivity index (χ0v) is 13.1. The molecule has 3 nitrogen and oxygen atoms in total. The number of hydrogen-bond acceptors (Lipinski definition) is 2. The fraction of sp³-hybridized carbons (Fsp3) is 0.588. The third-order valence-electron chi connectivity index (χ3n) is 4.20. The van der Waals surface area contributed by atoms with Gasteiger partial charge in [0.15, 0.2) is 0 Å². The number of carbonyl (C=O) groups is 1. The molecule has 0 aromatic heterocycles. The van der Waals surface area contributed by atoms with Crippen LogP contribution in [0.15, 0.2) is 24.3 Å². The Hall–Kier alpha value is -1.35. The molecule has 0 atom stereocenters. The van der Waals surface area contributed by atoms with Gasteiger partial charge < -0.3 is 4.90 Å². The lowest BCUT2D eigenvalue weighted by molar-refractivity contribution is 0.0827. The van der Waals surface area contributed by atoms with Gasteiger partial charge >= 0.3 is 0 Å². The van der Waals surface area contributed by atoms with E-state index in [1.54, 1.807) is 19.0 Å². The largest absolute Gasteiger partial charge is 0.345 e. The summed E-state index contributed by atoms with van der Waals surface area (Å²) in [4.78, 5) is 16.1. The molecule has 1 aliphatic rings. The van der Waals surface area contributed by atoms with Gasteiger partial charge in [-0.05, 0) is 49.0 Å². The molecular weight excluding hydrogens is 248 g/mol. The number of hydrogen-bond donors (Lipinski definition) is 0. The fourth-order valence-electron chi connectivity index (χ4n) is 2.64. The summed E-state index contributed by atoms with van der Waals surface area (Å²) in [6.07, 6.45) is 2.51. The summed E-state index contributed by atoms with van der Waals surface area (Å²) in [5.74, 6) is 0.0756. The van der Waals surface area contributed by atoms with Gasteiger partial charge in [0.1, 0.15) is 0 Å². The Morgan fingerprint density at radius 2 is 1.90 bits per heavy atom. The first-order chi connectivity index (χ1) is 9.37. The van der Waals surface area contributed by atoms with Gasteiger partial charge in [0.25, 0.3) is 5.91 Å². The fourth-order valence-corrected chi connectivity index (χ4v) is 2.64. The Balaban J connectivity index is 2.00. The average Bonchev–Trinajstić information content (AvgIpc) is 2.40. The minimum absolute atomic E-state index is 0.0756. The molecule has 1 saturated heterocycles. The number of likely N-dealkylation sites (tertiary alicyclic amines) is 1. The molecule has 1 fully saturated rings. The van der Waals surface area contributed by atoms with Crippen molar-refractivity contribution in [1.82, 2.24) is 9.80 Å². The summed E-state index contributed by atoms with van der Waals surface area (Å²) in [5, 5.41) is 0. The van der Waals surface area contributed by atoms with Crippen LogP contribution >= 0.6 is 0 Å². The van der Waals surface area contributed by atoms with Crippen molar-refractivity contribution in [3.63, 3.8) is 0 Å². The lowest BCUT2D eigenvalue weighted by Gasteiger charge is -2.37. The summed E-state index contributed by atoms with van der Waals surface area (Å²) in [5.41, 5.74) is 2.50. The maximum absolute atomic E-state index is 12.0. The van der Waals surface area contributed by atoms with Crippen molar-refractivity contribution in [3.8, 4) is 0 Å². The number of carbonyl (C=O) groups excluding carboxylic acids is 1. The average molecular weight is 274 g/mol. The van der Waals surface area contributed by atoms with E-state index in [1.807, 2.05) is 18.2 Å². The zero-order valence-electron chi connectivity index (χ0n) is 13.1. The highest BCUT2D eigenvalue weighted by atomic mass is 16.2. The predicted octanol–water partition coefficient (Wildman–Crippen LogP) is 3.01. The van der Waals surface area contributed by atoms with Crippen LogP contribution in [0.2, 0.25) is 0 Å². The Kier molecular flexibility index (Phi) is 4.48. The second-order valence-electron chi connectivity index (χ2n) is 6.84. The maximum Gasteiger partial charge on any atom is 0.253 e. The molecule has 1 aliphatic heterocycles. The lowest BCUT2D eigenvalue weighted by Crippen LogP contribution is -2.36. The van der Waals surface area contributed by atoms with Gasteiger partial charge in [-0.2, -0.15) is 0 Å². The second-order valence-corrected chi connectivity index (χ2v) is 6.84. The smallest absolute Gasteiger partial charge is 0.253 e. The number of amides is 1. The monoisotopic (exact) mass is 274 g/mol. The van der Waals surface area contributed by atoms with Gasteiger partial charge in [-0.3, -0.25) is 9.69 Å². The van der Waals surface area contributed by atoms with Gasteiger partial charge in [-0.15, -0.1) is 0 Å². The van der Waals surface area contributed by atoms with E-state index in [2.05, 4.69) is 24.8 Å². The molecule has 1 aromatic carbocycles. The van der Waals surface area contributed by atoms with Gasteiger partial charge in [0, 0.05) is 26.2 Å². The van der Waals surface area contributed by atoms with Crippen molar-refractivity contribution >= 4 is 5.91 Å². The first-order valence-electron chi connectivity index (χ1n) is 7.40. The van der Waals surface area contributed by atoms with Crippen LogP contribution in [0.1, 0.15) is 42.6 Å². The predicted molar refractivity (Wildman–Crippen MR) is 82.8 cm³/mol. The molecule has 0 radical (unpaired) electrons. The van der Waals surface area contributed by atoms with E-state index in [4.69, 9.17) is 0 Å². The molecular formula is C17H26N2O. The molecule has 2 rings (SSSR count). The molecule has 0 spiro atoms. The third kappa shape index (κ3) is 3.83. The Morgan fingerprint density at radius 3 is 2.50 bits per heavy atom. The van der Waals surface area contributed by atoms with Crippen LogP contribution in [-0.2, 0) is 6.54 Å². The van der Waals surface area contributed by atoms with E-state index >= 15 is 0 Å². The number of rotatable bonds is 3. The van der Waals surface area contributed by atoms with Crippen LogP contribution in [-0.4, -0.2) is 42.9 Å². The van der Waals surface area contributed by atoms with Crippen LogP contribution in [0.25, 0.3) is 0 Å². The first-order valence-corrected chi connectivity index (χ1v) is 7.40. The van der Waals surface area contributed by atoms with Gasteiger partial charge in [0.05, 0.1) is 0 Å². The molecule has 0 saturated carbocycles. The Labute approximate surface area is 122 Å². The molecule has 0 unspecified atom stereocenters. The van der Waals surface area contributed by atoms with Crippen molar-refractivity contribution in [2.45, 2.75) is 33.2 Å². The van der Waals surface area contributed by atoms with Crippen molar-refractivity contribution in [2.24, 2.45) is 5.41 Å². The summed E-state index contributed by atoms with van der Waals surface area (Å²) in [6.45, 7) is 7.95. The highest BCUT2D eigenvalue weighted by molar-refractivity contribution is 5.94. The third-order valence-corrected chi connectivity index (χ3v) is 4.20. The van der Waals surface area contributed by atoms with Crippen LogP contribution in [0.5, 0.6) is 0 Å². The van der Waals surface area contributed by atoms with Crippen molar-refractivity contribution < 1.29 is 4.79 Å². The first kappa shape index (κ1) is 15.0. The molecule has 0 N–H and O–H groups in total. The second kappa shape index (κ2) is 5.96. The number of nitrogens with zero attached hydrogens (tertiary/aromatic N) is 2. The van der Waals surface area contributed by atoms with E-state index in [1.165, 1.54) is 18.4 Å². The highest BCUT2D eigenvalue weighted by Crippen LogP contribution is 2.30. The lowest BCUT2D eigenvalue weighted by atomic mass is 9.82. The molecule has 20 heavy (non-hydrogen) atoms. The molecule has 1 aromatic rings. The van der Waals surface area contributed by atoms with Crippen LogP contribution in [0.3, 0.4) is 0 Å². The normalized spacial score (nSPS) is 18.8. The van der Waals surface area contributed by atoms with E-state index in [9.17, 15) is 4.79 Å². The van der Waals surface area contributed by atoms with Crippen LogP contribution < -0.4 is 0 Å². The summed E-state index contributed by atoms with van der Waals surface area (Å²) in [6, 6.07) is 8.03. The summed E-state index contributed by atoms with van der Waals surface area (Å²) in [7, 11) is 3.59. The van der Waals surface area contributed by atoms with E-state index in [0.29, 0.717) is 5.41 Å². The molecule has 1 amide bonds. The molecule has 110 valence electrons. The number of benzene rings is 1. The van der Waals surface area contributed by atoms with Gasteiger partial charge in [0.2, 0.25) is 0 Å². The summed E-state index contributed by atoms with van der Waals surface area (Å²) < 4.78 is 0. The van der Waals surface area contributed by atoms with Crippen molar-refractivity contribution in [3.05, 3.63) is 35.4 Å².